The summed E-state index contributed by atoms with van der Waals surface area (Å²) in [6, 6.07) is 0.399. The Bertz CT molecular complexity index is 340. The number of azide groups is 1. The molecule has 0 aromatic rings. The summed E-state index contributed by atoms with van der Waals surface area (Å²) in [5, 5.41) is 6.64. The smallest absolute Gasteiger partial charge is 0.327 e. The average molecular weight is 255 g/mol. The van der Waals surface area contributed by atoms with Gasteiger partial charge < -0.3 is 10.1 Å². The third-order valence-corrected chi connectivity index (χ3v) is 3.34. The summed E-state index contributed by atoms with van der Waals surface area (Å²) in [6.45, 7) is 6.51. The van der Waals surface area contributed by atoms with Gasteiger partial charge in [0.2, 0.25) is 0 Å². The molecule has 7 heteroatoms. The van der Waals surface area contributed by atoms with E-state index < -0.39 is 5.54 Å². The summed E-state index contributed by atoms with van der Waals surface area (Å²) in [7, 11) is 1.40. The van der Waals surface area contributed by atoms with Crippen molar-refractivity contribution in [3.8, 4) is 0 Å². The first kappa shape index (κ1) is 14.8. The number of ether oxygens (including phenoxy) is 1. The molecule has 0 aromatic heterocycles. The van der Waals surface area contributed by atoms with Crippen molar-refractivity contribution in [2.24, 2.45) is 5.11 Å². The average Bonchev–Trinajstić information content (AvgIpc) is 2.79. The molecule has 1 atom stereocenters. The lowest BCUT2D eigenvalue weighted by Gasteiger charge is -2.29. The van der Waals surface area contributed by atoms with Gasteiger partial charge in [0.1, 0.15) is 5.54 Å². The van der Waals surface area contributed by atoms with E-state index in [4.69, 9.17) is 10.3 Å². The van der Waals surface area contributed by atoms with E-state index in [0.29, 0.717) is 32.1 Å². The quantitative estimate of drug-likeness (QED) is 0.251. The fraction of sp³-hybridized carbons (Fsp3) is 0.909. The second kappa shape index (κ2) is 6.58. The van der Waals surface area contributed by atoms with E-state index in [2.05, 4.69) is 34.1 Å². The van der Waals surface area contributed by atoms with Gasteiger partial charge in [-0.25, -0.2) is 0 Å². The van der Waals surface area contributed by atoms with Crippen LogP contribution in [0.3, 0.4) is 0 Å². The maximum Gasteiger partial charge on any atom is 0.327 e. The third-order valence-electron chi connectivity index (χ3n) is 3.34. The molecule has 1 N–H and O–H groups in total. The number of carbonyl (C=O) groups is 1. The number of rotatable bonds is 6. The minimum absolute atomic E-state index is 0.244. The van der Waals surface area contributed by atoms with Gasteiger partial charge in [0.05, 0.1) is 7.11 Å². The van der Waals surface area contributed by atoms with Crippen molar-refractivity contribution < 1.29 is 9.53 Å². The Kier molecular flexibility index (Phi) is 5.40. The lowest BCUT2D eigenvalue weighted by Crippen LogP contribution is -2.55. The molecule has 0 radical (unpaired) electrons. The van der Waals surface area contributed by atoms with Crippen LogP contribution in [-0.4, -0.2) is 55.7 Å². The Morgan fingerprint density at radius 3 is 2.89 bits per heavy atom. The highest BCUT2D eigenvalue weighted by molar-refractivity contribution is 5.81. The molecule has 0 saturated carbocycles. The van der Waals surface area contributed by atoms with Gasteiger partial charge in [-0.05, 0) is 25.8 Å². The van der Waals surface area contributed by atoms with E-state index >= 15 is 0 Å². The maximum absolute atomic E-state index is 12.0. The highest BCUT2D eigenvalue weighted by atomic mass is 16.5. The second-order valence-corrected chi connectivity index (χ2v) is 4.77. The van der Waals surface area contributed by atoms with Crippen LogP contribution in [0.1, 0.15) is 20.3 Å². The van der Waals surface area contributed by atoms with Gasteiger partial charge in [0.25, 0.3) is 0 Å². The molecule has 1 aliphatic rings. The number of hydrogen-bond donors (Lipinski definition) is 1. The Morgan fingerprint density at radius 1 is 1.67 bits per heavy atom. The fourth-order valence-corrected chi connectivity index (χ4v) is 2.25. The SMILES string of the molecule is COC(=O)C1(NCCN=[N+]=[N-])CCN(C(C)C)C1. The van der Waals surface area contributed by atoms with Crippen molar-refractivity contribution >= 4 is 5.97 Å². The Morgan fingerprint density at radius 2 is 2.39 bits per heavy atom. The van der Waals surface area contributed by atoms with Crippen LogP contribution in [0.25, 0.3) is 10.4 Å². The normalized spacial score (nSPS) is 24.0. The zero-order chi connectivity index (χ0) is 13.6. The van der Waals surface area contributed by atoms with Crippen LogP contribution < -0.4 is 5.32 Å². The summed E-state index contributed by atoms with van der Waals surface area (Å²) in [5.74, 6) is -0.244. The molecular formula is C11H21N5O2. The molecule has 0 aliphatic carbocycles. The van der Waals surface area contributed by atoms with Crippen LogP contribution in [-0.2, 0) is 9.53 Å². The van der Waals surface area contributed by atoms with E-state index in [9.17, 15) is 4.79 Å². The van der Waals surface area contributed by atoms with E-state index in [1.807, 2.05) is 0 Å². The van der Waals surface area contributed by atoms with E-state index in [1.165, 1.54) is 7.11 Å². The summed E-state index contributed by atoms with van der Waals surface area (Å²) in [4.78, 5) is 16.9. The van der Waals surface area contributed by atoms with E-state index in [-0.39, 0.29) is 5.97 Å². The molecule has 1 aliphatic heterocycles. The van der Waals surface area contributed by atoms with Gasteiger partial charge >= 0.3 is 5.97 Å². The molecule has 1 fully saturated rings. The number of nitrogens with one attached hydrogen (secondary N) is 1. The minimum Gasteiger partial charge on any atom is -0.468 e. The summed E-state index contributed by atoms with van der Waals surface area (Å²) < 4.78 is 4.89. The predicted octanol–water partition coefficient (Wildman–Crippen LogP) is 0.912. The van der Waals surface area contributed by atoms with Crippen molar-refractivity contribution in [3.05, 3.63) is 10.4 Å². The van der Waals surface area contributed by atoms with Gasteiger partial charge in [0, 0.05) is 37.1 Å². The number of esters is 1. The van der Waals surface area contributed by atoms with Crippen LogP contribution in [0.5, 0.6) is 0 Å². The fourth-order valence-electron chi connectivity index (χ4n) is 2.25. The van der Waals surface area contributed by atoms with Crippen LogP contribution in [0.4, 0.5) is 0 Å². The summed E-state index contributed by atoms with van der Waals surface area (Å²) in [6.07, 6.45) is 0.716. The third kappa shape index (κ3) is 3.35. The highest BCUT2D eigenvalue weighted by Gasteiger charge is 2.45. The molecule has 0 amide bonds. The van der Waals surface area contributed by atoms with Gasteiger partial charge in [-0.2, -0.15) is 0 Å². The maximum atomic E-state index is 12.0. The van der Waals surface area contributed by atoms with Crippen molar-refractivity contribution in [3.63, 3.8) is 0 Å². The zero-order valence-electron chi connectivity index (χ0n) is 11.2. The topological polar surface area (TPSA) is 90.3 Å². The Labute approximate surface area is 107 Å². The van der Waals surface area contributed by atoms with Gasteiger partial charge in [-0.1, -0.05) is 5.11 Å². The number of hydrogen-bond acceptors (Lipinski definition) is 5. The molecule has 1 rings (SSSR count). The molecule has 1 heterocycles. The molecule has 102 valence electrons. The number of carbonyl (C=O) groups excluding carboxylic acids is 1. The van der Waals surface area contributed by atoms with Crippen molar-refractivity contribution in [2.75, 3.05) is 33.3 Å². The molecule has 0 bridgehead atoms. The lowest BCUT2D eigenvalue weighted by molar-refractivity contribution is -0.148. The first-order valence-corrected chi connectivity index (χ1v) is 6.14. The Hall–Kier alpha value is -1.30. The van der Waals surface area contributed by atoms with Crippen LogP contribution in [0.2, 0.25) is 0 Å². The first-order valence-electron chi connectivity index (χ1n) is 6.14. The summed E-state index contributed by atoms with van der Waals surface area (Å²) >= 11 is 0. The molecule has 18 heavy (non-hydrogen) atoms. The van der Waals surface area contributed by atoms with E-state index in [1.54, 1.807) is 0 Å². The van der Waals surface area contributed by atoms with Crippen LogP contribution in [0.15, 0.2) is 5.11 Å². The monoisotopic (exact) mass is 255 g/mol. The standard InChI is InChI=1S/C11H21N5O2/c1-9(2)16-7-4-11(8-16,10(17)18-3)13-5-6-14-15-12/h9,13H,4-8H2,1-3H3. The van der Waals surface area contributed by atoms with Gasteiger partial charge in [-0.3, -0.25) is 9.69 Å². The van der Waals surface area contributed by atoms with Crippen molar-refractivity contribution in [1.29, 1.82) is 0 Å². The number of nitrogens with zero attached hydrogens (tertiary/aromatic N) is 4. The number of likely N-dealkylation sites (tertiary alicyclic amines) is 1. The van der Waals surface area contributed by atoms with Crippen molar-refractivity contribution in [2.45, 2.75) is 31.8 Å². The Balaban J connectivity index is 2.66. The van der Waals surface area contributed by atoms with Gasteiger partial charge in [-0.15, -0.1) is 0 Å². The predicted molar refractivity (Wildman–Crippen MR) is 68.1 cm³/mol. The lowest BCUT2D eigenvalue weighted by atomic mass is 9.99. The zero-order valence-corrected chi connectivity index (χ0v) is 11.2. The molecular weight excluding hydrogens is 234 g/mol. The van der Waals surface area contributed by atoms with Crippen molar-refractivity contribution in [1.82, 2.24) is 10.2 Å². The molecule has 1 saturated heterocycles. The largest absolute Gasteiger partial charge is 0.468 e. The minimum atomic E-state index is -0.663. The molecule has 1 unspecified atom stereocenters. The molecule has 0 spiro atoms. The molecule has 0 aromatic carbocycles. The van der Waals surface area contributed by atoms with Gasteiger partial charge in [0.15, 0.2) is 0 Å². The molecule has 7 nitrogen and oxygen atoms in total. The first-order chi connectivity index (χ1) is 8.55. The van der Waals surface area contributed by atoms with Crippen LogP contribution in [0, 0.1) is 0 Å². The van der Waals surface area contributed by atoms with Crippen LogP contribution >= 0.6 is 0 Å². The summed E-state index contributed by atoms with van der Waals surface area (Å²) in [5.41, 5.74) is 7.56. The highest BCUT2D eigenvalue weighted by Crippen LogP contribution is 2.24. The van der Waals surface area contributed by atoms with E-state index in [0.717, 1.165) is 6.54 Å². The number of methoxy groups -OCH3 is 1. The second-order valence-electron chi connectivity index (χ2n) is 4.77.